The Morgan fingerprint density at radius 2 is 1.70 bits per heavy atom. The standard InChI is InChI=1S/C30H47F2N3O2/c1-6-8-26-23(2)9-7-10-24(26)21-33-18-13-29(30(31,32)22-33)14-19-34(20-15-29)25-11-16-35(17-12-25)27(36)37-28(3,4)5/h7,9-10,25H,6,8,11-22H2,1-5H3. The number of amides is 1. The molecule has 0 unspecified atom stereocenters. The van der Waals surface area contributed by atoms with E-state index in [-0.39, 0.29) is 12.6 Å². The fourth-order valence-electron chi connectivity index (χ4n) is 6.65. The van der Waals surface area contributed by atoms with E-state index < -0.39 is 16.9 Å². The van der Waals surface area contributed by atoms with Crippen molar-refractivity contribution in [2.45, 2.75) is 104 Å². The van der Waals surface area contributed by atoms with Crippen LogP contribution in [0.15, 0.2) is 18.2 Å². The Morgan fingerprint density at radius 1 is 1.05 bits per heavy atom. The van der Waals surface area contributed by atoms with Gasteiger partial charge in [0.1, 0.15) is 5.60 Å². The van der Waals surface area contributed by atoms with Crippen molar-refractivity contribution in [1.29, 1.82) is 0 Å². The average molecular weight is 520 g/mol. The van der Waals surface area contributed by atoms with Crippen molar-refractivity contribution in [3.8, 4) is 0 Å². The summed E-state index contributed by atoms with van der Waals surface area (Å²) in [6, 6.07) is 6.67. The number of alkyl halides is 2. The number of hydrogen-bond acceptors (Lipinski definition) is 4. The number of halogens is 2. The van der Waals surface area contributed by atoms with Crippen LogP contribution in [0.1, 0.15) is 82.9 Å². The zero-order chi connectivity index (χ0) is 26.8. The maximum absolute atomic E-state index is 15.8. The number of likely N-dealkylation sites (tertiary alicyclic amines) is 3. The Bertz CT molecular complexity index is 929. The quantitative estimate of drug-likeness (QED) is 0.459. The van der Waals surface area contributed by atoms with Gasteiger partial charge in [0, 0.05) is 31.1 Å². The van der Waals surface area contributed by atoms with Gasteiger partial charge in [-0.05, 0) is 103 Å². The summed E-state index contributed by atoms with van der Waals surface area (Å²) < 4.78 is 37.0. The zero-order valence-corrected chi connectivity index (χ0v) is 23.6. The molecule has 3 fully saturated rings. The van der Waals surface area contributed by atoms with Crippen LogP contribution in [0, 0.1) is 12.3 Å². The highest BCUT2D eigenvalue weighted by Crippen LogP contribution is 2.51. The van der Waals surface area contributed by atoms with E-state index in [1.165, 1.54) is 16.7 Å². The molecule has 0 saturated carbocycles. The number of carbonyl (C=O) groups is 1. The smallest absolute Gasteiger partial charge is 0.410 e. The first-order valence-corrected chi connectivity index (χ1v) is 14.3. The minimum absolute atomic E-state index is 0.138. The lowest BCUT2D eigenvalue weighted by atomic mass is 9.68. The van der Waals surface area contributed by atoms with Gasteiger partial charge >= 0.3 is 6.09 Å². The van der Waals surface area contributed by atoms with Gasteiger partial charge in [-0.3, -0.25) is 4.90 Å². The molecule has 0 aliphatic carbocycles. The van der Waals surface area contributed by atoms with Gasteiger partial charge in [0.2, 0.25) is 0 Å². The van der Waals surface area contributed by atoms with Crippen molar-refractivity contribution in [1.82, 2.24) is 14.7 Å². The second kappa shape index (κ2) is 11.2. The van der Waals surface area contributed by atoms with E-state index in [0.717, 1.165) is 45.3 Å². The fourth-order valence-corrected chi connectivity index (χ4v) is 6.65. The molecule has 1 aromatic rings. The molecule has 208 valence electrons. The summed E-state index contributed by atoms with van der Waals surface area (Å²) in [4.78, 5) is 18.6. The van der Waals surface area contributed by atoms with Crippen molar-refractivity contribution in [3.63, 3.8) is 0 Å². The summed E-state index contributed by atoms with van der Waals surface area (Å²) in [7, 11) is 0. The number of ether oxygens (including phenoxy) is 1. The Morgan fingerprint density at radius 3 is 2.30 bits per heavy atom. The highest BCUT2D eigenvalue weighted by atomic mass is 19.3. The van der Waals surface area contributed by atoms with Gasteiger partial charge in [0.15, 0.2) is 0 Å². The minimum atomic E-state index is -2.67. The van der Waals surface area contributed by atoms with E-state index in [0.29, 0.717) is 44.9 Å². The van der Waals surface area contributed by atoms with E-state index in [2.05, 4.69) is 36.9 Å². The first kappa shape index (κ1) is 28.3. The Hall–Kier alpha value is -1.73. The van der Waals surface area contributed by atoms with Gasteiger partial charge in [-0.15, -0.1) is 0 Å². The van der Waals surface area contributed by atoms with Crippen molar-refractivity contribution in [2.75, 3.05) is 39.3 Å². The van der Waals surface area contributed by atoms with Crippen molar-refractivity contribution >= 4 is 6.09 Å². The fraction of sp³-hybridized carbons (Fsp3) is 0.767. The summed E-state index contributed by atoms with van der Waals surface area (Å²) in [6.45, 7) is 14.0. The van der Waals surface area contributed by atoms with Crippen LogP contribution in [0.25, 0.3) is 0 Å². The predicted octanol–water partition coefficient (Wildman–Crippen LogP) is 6.27. The first-order chi connectivity index (χ1) is 17.4. The van der Waals surface area contributed by atoms with Gasteiger partial charge in [-0.1, -0.05) is 31.5 Å². The van der Waals surface area contributed by atoms with Gasteiger partial charge in [-0.2, -0.15) is 0 Å². The first-order valence-electron chi connectivity index (χ1n) is 14.3. The number of hydrogen-bond donors (Lipinski definition) is 0. The molecular weight excluding hydrogens is 472 g/mol. The molecule has 7 heteroatoms. The summed E-state index contributed by atoms with van der Waals surface area (Å²) in [6.07, 6.45) is 5.27. The highest BCUT2D eigenvalue weighted by molar-refractivity contribution is 5.68. The molecule has 3 saturated heterocycles. The molecule has 1 spiro atoms. The molecule has 1 amide bonds. The van der Waals surface area contributed by atoms with Crippen molar-refractivity contribution < 1.29 is 18.3 Å². The van der Waals surface area contributed by atoms with E-state index in [1.54, 1.807) is 4.90 Å². The van der Waals surface area contributed by atoms with Gasteiger partial charge in [0.05, 0.1) is 6.54 Å². The number of benzene rings is 1. The monoisotopic (exact) mass is 519 g/mol. The van der Waals surface area contributed by atoms with E-state index in [4.69, 9.17) is 4.74 Å². The molecular formula is C30H47F2N3O2. The summed E-state index contributed by atoms with van der Waals surface area (Å²) in [5.74, 6) is -2.67. The number of carbonyl (C=O) groups excluding carboxylic acids is 1. The molecule has 3 aliphatic rings. The van der Waals surface area contributed by atoms with Gasteiger partial charge in [-0.25, -0.2) is 13.6 Å². The molecule has 0 radical (unpaired) electrons. The van der Waals surface area contributed by atoms with Crippen LogP contribution in [0.5, 0.6) is 0 Å². The van der Waals surface area contributed by atoms with Crippen molar-refractivity contribution in [2.24, 2.45) is 5.41 Å². The molecule has 5 nitrogen and oxygen atoms in total. The number of nitrogens with zero attached hydrogens (tertiary/aromatic N) is 3. The molecule has 0 aromatic heterocycles. The third-order valence-electron chi connectivity index (χ3n) is 8.89. The number of piperidine rings is 3. The number of aryl methyl sites for hydroxylation is 1. The SMILES string of the molecule is CCCc1c(C)cccc1CN1CCC2(CCN(C3CCN(C(=O)OC(C)(C)C)CC3)CC2)C(F)(F)C1. The Labute approximate surface area is 222 Å². The normalized spacial score (nSPS) is 23.4. The second-order valence-corrected chi connectivity index (χ2v) is 12.6. The Balaban J connectivity index is 1.30. The third-order valence-corrected chi connectivity index (χ3v) is 8.89. The van der Waals surface area contributed by atoms with Crippen LogP contribution >= 0.6 is 0 Å². The summed E-state index contributed by atoms with van der Waals surface area (Å²) >= 11 is 0. The maximum atomic E-state index is 15.8. The van der Waals surface area contributed by atoms with E-state index in [9.17, 15) is 4.79 Å². The summed E-state index contributed by atoms with van der Waals surface area (Å²) in [5, 5.41) is 0. The molecule has 0 bridgehead atoms. The minimum Gasteiger partial charge on any atom is -0.444 e. The van der Waals surface area contributed by atoms with E-state index in [1.807, 2.05) is 25.7 Å². The topological polar surface area (TPSA) is 36.0 Å². The molecule has 37 heavy (non-hydrogen) atoms. The van der Waals surface area contributed by atoms with E-state index >= 15 is 8.78 Å². The second-order valence-electron chi connectivity index (χ2n) is 12.6. The molecule has 1 aromatic carbocycles. The Kier molecular flexibility index (Phi) is 8.54. The molecule has 4 rings (SSSR count). The molecule has 0 atom stereocenters. The maximum Gasteiger partial charge on any atom is 0.410 e. The van der Waals surface area contributed by atoms with Crippen LogP contribution in [0.4, 0.5) is 13.6 Å². The number of rotatable bonds is 5. The predicted molar refractivity (Wildman–Crippen MR) is 144 cm³/mol. The van der Waals surface area contributed by atoms with Crippen LogP contribution < -0.4 is 0 Å². The molecule has 3 heterocycles. The van der Waals surface area contributed by atoms with Crippen molar-refractivity contribution in [3.05, 3.63) is 34.9 Å². The highest BCUT2D eigenvalue weighted by Gasteiger charge is 2.57. The lowest BCUT2D eigenvalue weighted by Crippen LogP contribution is -2.60. The lowest BCUT2D eigenvalue weighted by Gasteiger charge is -2.53. The van der Waals surface area contributed by atoms with Crippen LogP contribution in [-0.4, -0.2) is 77.6 Å². The summed E-state index contributed by atoms with van der Waals surface area (Å²) in [5.41, 5.74) is 2.44. The average Bonchev–Trinajstić information content (AvgIpc) is 2.83. The molecule has 3 aliphatic heterocycles. The largest absolute Gasteiger partial charge is 0.444 e. The van der Waals surface area contributed by atoms with Crippen LogP contribution in [0.3, 0.4) is 0 Å². The van der Waals surface area contributed by atoms with Gasteiger partial charge < -0.3 is 14.5 Å². The van der Waals surface area contributed by atoms with Gasteiger partial charge in [0.25, 0.3) is 5.92 Å². The molecule has 0 N–H and O–H groups in total. The lowest BCUT2D eigenvalue weighted by molar-refractivity contribution is -0.191. The van der Waals surface area contributed by atoms with Crippen LogP contribution in [0.2, 0.25) is 0 Å². The van der Waals surface area contributed by atoms with Crippen LogP contribution in [-0.2, 0) is 17.7 Å². The zero-order valence-electron chi connectivity index (χ0n) is 23.6. The third kappa shape index (κ3) is 6.47.